The van der Waals surface area contributed by atoms with Gasteiger partial charge in [-0.2, -0.15) is 13.2 Å². The molecule has 0 saturated carbocycles. The minimum absolute atomic E-state index is 0.0775. The van der Waals surface area contributed by atoms with E-state index in [0.29, 0.717) is 34.8 Å². The van der Waals surface area contributed by atoms with E-state index < -0.39 is 18.5 Å². The van der Waals surface area contributed by atoms with Crippen molar-refractivity contribution in [2.24, 2.45) is 5.92 Å². The number of rotatable bonds is 6. The number of hydrogen-bond acceptors (Lipinski definition) is 7. The molecule has 0 bridgehead atoms. The predicted octanol–water partition coefficient (Wildman–Crippen LogP) is 4.78. The zero-order chi connectivity index (χ0) is 26.0. The maximum absolute atomic E-state index is 14.7. The summed E-state index contributed by atoms with van der Waals surface area (Å²) in [6.45, 7) is 3.49. The van der Waals surface area contributed by atoms with E-state index in [1.54, 1.807) is 37.4 Å². The zero-order valence-electron chi connectivity index (χ0n) is 20.2. The van der Waals surface area contributed by atoms with Crippen molar-refractivity contribution in [1.29, 1.82) is 5.41 Å². The number of allylic oxidation sites excluding steroid dienone is 6. The molecule has 1 aliphatic carbocycles. The molecule has 0 spiro atoms. The number of hydrogen-bond donors (Lipinski definition) is 3. The lowest BCUT2D eigenvalue weighted by molar-refractivity contribution is -0.147. The Morgan fingerprint density at radius 3 is 2.67 bits per heavy atom. The third-order valence-electron chi connectivity index (χ3n) is 5.94. The first-order chi connectivity index (χ1) is 17.0. The second-order valence-electron chi connectivity index (χ2n) is 8.97. The Kier molecular flexibility index (Phi) is 7.21. The number of nitrogens with zero attached hydrogens (tertiary/aromatic N) is 4. The summed E-state index contributed by atoms with van der Waals surface area (Å²) in [7, 11) is 1.79. The van der Waals surface area contributed by atoms with Crippen molar-refractivity contribution in [3.63, 3.8) is 0 Å². The van der Waals surface area contributed by atoms with Crippen LogP contribution in [0.4, 0.5) is 29.3 Å². The second kappa shape index (κ2) is 10.2. The van der Waals surface area contributed by atoms with Crippen LogP contribution in [0.3, 0.4) is 0 Å². The van der Waals surface area contributed by atoms with E-state index in [9.17, 15) is 17.6 Å². The molecule has 1 aliphatic heterocycles. The smallest absolute Gasteiger partial charge is 0.391 e. The summed E-state index contributed by atoms with van der Waals surface area (Å²) in [5.74, 6) is 0.0790. The van der Waals surface area contributed by atoms with Crippen LogP contribution in [0.1, 0.15) is 30.8 Å². The zero-order valence-corrected chi connectivity index (χ0v) is 20.2. The van der Waals surface area contributed by atoms with Gasteiger partial charge in [0.05, 0.1) is 18.5 Å². The van der Waals surface area contributed by atoms with Gasteiger partial charge in [-0.1, -0.05) is 26.0 Å². The molecule has 0 amide bonds. The highest BCUT2D eigenvalue weighted by atomic mass is 19.4. The largest absolute Gasteiger partial charge is 0.401 e. The van der Waals surface area contributed by atoms with Gasteiger partial charge in [-0.15, -0.1) is 0 Å². The summed E-state index contributed by atoms with van der Waals surface area (Å²) in [4.78, 5) is 14.2. The molecule has 0 radical (unpaired) electrons. The van der Waals surface area contributed by atoms with E-state index in [4.69, 9.17) is 5.41 Å². The third-order valence-corrected chi connectivity index (χ3v) is 5.94. The number of fused-ring (bicyclic) bond motifs is 1. The van der Waals surface area contributed by atoms with Gasteiger partial charge >= 0.3 is 6.18 Å². The first kappa shape index (κ1) is 25.5. The van der Waals surface area contributed by atoms with Crippen LogP contribution < -0.4 is 10.6 Å². The Bertz CT molecular complexity index is 1260. The van der Waals surface area contributed by atoms with Crippen LogP contribution >= 0.6 is 0 Å². The van der Waals surface area contributed by atoms with E-state index in [1.165, 1.54) is 4.90 Å². The predicted molar refractivity (Wildman–Crippen MR) is 130 cm³/mol. The molecule has 3 heterocycles. The van der Waals surface area contributed by atoms with E-state index in [1.807, 2.05) is 13.8 Å². The minimum Gasteiger partial charge on any atom is -0.391 e. The number of alkyl halides is 3. The molecule has 0 fully saturated rings. The average Bonchev–Trinajstić information content (AvgIpc) is 2.81. The fourth-order valence-electron chi connectivity index (χ4n) is 4.33. The molecule has 2 aromatic heterocycles. The van der Waals surface area contributed by atoms with Crippen molar-refractivity contribution in [2.45, 2.75) is 33.0 Å². The van der Waals surface area contributed by atoms with E-state index in [0.717, 1.165) is 17.5 Å². The second-order valence-corrected chi connectivity index (χ2v) is 8.97. The summed E-state index contributed by atoms with van der Waals surface area (Å²) in [5, 5.41) is 14.4. The van der Waals surface area contributed by atoms with Crippen molar-refractivity contribution in [2.75, 3.05) is 25.5 Å². The quantitative estimate of drug-likeness (QED) is 0.494. The average molecular weight is 502 g/mol. The summed E-state index contributed by atoms with van der Waals surface area (Å²) < 4.78 is 52.9. The van der Waals surface area contributed by atoms with Gasteiger partial charge in [0.1, 0.15) is 11.5 Å². The van der Waals surface area contributed by atoms with Crippen LogP contribution in [0.2, 0.25) is 0 Å². The fraction of sp³-hybridized carbons (Fsp3) is 0.360. The highest BCUT2D eigenvalue weighted by Gasteiger charge is 2.32. The molecule has 0 aromatic carbocycles. The first-order valence-corrected chi connectivity index (χ1v) is 11.5. The molecule has 4 rings (SSSR count). The van der Waals surface area contributed by atoms with E-state index >= 15 is 0 Å². The van der Waals surface area contributed by atoms with Crippen LogP contribution in [0.15, 0.2) is 47.8 Å². The van der Waals surface area contributed by atoms with Gasteiger partial charge < -0.3 is 16.0 Å². The van der Waals surface area contributed by atoms with Crippen LogP contribution in [0, 0.1) is 17.1 Å². The van der Waals surface area contributed by atoms with Crippen molar-refractivity contribution in [1.82, 2.24) is 25.2 Å². The molecular weight excluding hydrogens is 474 g/mol. The Hall–Kier alpha value is -3.60. The molecule has 3 N–H and O–H groups in total. The molecule has 2 aliphatic rings. The Labute approximate surface area is 206 Å². The Morgan fingerprint density at radius 1 is 1.19 bits per heavy atom. The molecule has 0 atom stereocenters. The maximum Gasteiger partial charge on any atom is 0.401 e. The van der Waals surface area contributed by atoms with Crippen molar-refractivity contribution in [3.8, 4) is 0 Å². The van der Waals surface area contributed by atoms with Gasteiger partial charge in [-0.25, -0.2) is 19.3 Å². The molecule has 11 heteroatoms. The Balaban J connectivity index is 1.57. The van der Waals surface area contributed by atoms with Crippen LogP contribution in [-0.2, 0) is 13.0 Å². The molecule has 0 unspecified atom stereocenters. The number of halogens is 4. The van der Waals surface area contributed by atoms with Gasteiger partial charge in [0.25, 0.3) is 0 Å². The van der Waals surface area contributed by atoms with Crippen molar-refractivity contribution < 1.29 is 17.6 Å². The monoisotopic (exact) mass is 501 g/mol. The highest BCUT2D eigenvalue weighted by molar-refractivity contribution is 6.13. The highest BCUT2D eigenvalue weighted by Crippen LogP contribution is 2.28. The molecular formula is C25H27F4N7. The summed E-state index contributed by atoms with van der Waals surface area (Å²) in [5.41, 5.74) is 3.86. The maximum atomic E-state index is 14.7. The fourth-order valence-corrected chi connectivity index (χ4v) is 4.33. The van der Waals surface area contributed by atoms with Gasteiger partial charge in [-0.05, 0) is 29.7 Å². The minimum atomic E-state index is -4.24. The van der Waals surface area contributed by atoms with E-state index in [-0.39, 0.29) is 30.6 Å². The van der Waals surface area contributed by atoms with Crippen LogP contribution in [0.5, 0.6) is 0 Å². The summed E-state index contributed by atoms with van der Waals surface area (Å²) in [6.07, 6.45) is 2.18. The standard InChI is InChI=1S/C25H27F4N7/c1-14(2)22(31-3)17-10-15(4-6-19(17)30)23-18(26)11-32-24(35-23)34-21-7-5-16-12-36(13-25(27,28)29)9-8-20(16)33-21/h4-7,10-11,14,30-31H,8-9,12-13H2,1-3H3,(H,32,33,34,35)/b22-17-,30-19?. The number of anilines is 2. The summed E-state index contributed by atoms with van der Waals surface area (Å²) >= 11 is 0. The van der Waals surface area contributed by atoms with Gasteiger partial charge in [-0.3, -0.25) is 4.90 Å². The van der Waals surface area contributed by atoms with Crippen LogP contribution in [0.25, 0.3) is 5.57 Å². The lowest BCUT2D eigenvalue weighted by Gasteiger charge is -2.28. The van der Waals surface area contributed by atoms with Gasteiger partial charge in [0.15, 0.2) is 5.82 Å². The molecule has 7 nitrogen and oxygen atoms in total. The summed E-state index contributed by atoms with van der Waals surface area (Å²) in [6, 6.07) is 3.38. The van der Waals surface area contributed by atoms with Crippen molar-refractivity contribution >= 4 is 23.1 Å². The lowest BCUT2D eigenvalue weighted by atomic mass is 9.93. The topological polar surface area (TPSA) is 89.8 Å². The molecule has 2 aromatic rings. The number of nitrogens with one attached hydrogen (secondary N) is 3. The van der Waals surface area contributed by atoms with E-state index in [2.05, 4.69) is 25.6 Å². The molecule has 36 heavy (non-hydrogen) atoms. The number of pyridine rings is 1. The number of aromatic nitrogens is 3. The molecule has 190 valence electrons. The Morgan fingerprint density at radius 2 is 1.97 bits per heavy atom. The molecule has 0 saturated heterocycles. The van der Waals surface area contributed by atoms with Crippen LogP contribution in [-0.4, -0.2) is 51.9 Å². The normalized spacial score (nSPS) is 17.7. The van der Waals surface area contributed by atoms with Gasteiger partial charge in [0, 0.05) is 49.1 Å². The van der Waals surface area contributed by atoms with Crippen molar-refractivity contribution in [3.05, 3.63) is 70.6 Å². The SMILES string of the molecule is CN/C(=C1/C=C(c2nc(Nc3ccc4c(n3)CCN(CC(F)(F)F)C4)ncc2F)C=CC1=N)C(C)C. The lowest BCUT2D eigenvalue weighted by Crippen LogP contribution is -2.38. The first-order valence-electron chi connectivity index (χ1n) is 11.5. The third kappa shape index (κ3) is 5.78. The van der Waals surface area contributed by atoms with Gasteiger partial charge in [0.2, 0.25) is 5.95 Å².